The molecule has 0 saturated heterocycles. The molecule has 7 heteroatoms. The molecule has 0 radical (unpaired) electrons. The van der Waals surface area contributed by atoms with Crippen molar-refractivity contribution in [2.75, 3.05) is 19.0 Å². The van der Waals surface area contributed by atoms with Gasteiger partial charge in [0.25, 0.3) is 10.4 Å². The van der Waals surface area contributed by atoms with Gasteiger partial charge in [-0.25, -0.2) is 0 Å². The Bertz CT molecular complexity index is 378. The molecule has 0 aromatic heterocycles. The minimum atomic E-state index is -0.639. The highest BCUT2D eigenvalue weighted by Gasteiger charge is 1.96. The van der Waals surface area contributed by atoms with Gasteiger partial charge in [-0.3, -0.25) is 4.79 Å². The smallest absolute Gasteiger partial charge is 0.273 e. The monoisotopic (exact) mass is 288 g/mol. The van der Waals surface area contributed by atoms with Crippen LogP contribution >= 0.6 is 24.8 Å². The van der Waals surface area contributed by atoms with E-state index in [4.69, 9.17) is 26.5 Å². The Labute approximate surface area is 117 Å². The van der Waals surface area contributed by atoms with Gasteiger partial charge in [0.1, 0.15) is 5.75 Å². The first-order valence-electron chi connectivity index (χ1n) is 5.05. The lowest BCUT2D eigenvalue weighted by Gasteiger charge is -2.07. The van der Waals surface area contributed by atoms with E-state index in [-0.39, 0.29) is 0 Å². The number of nitrogens with one attached hydrogen (secondary N) is 1. The minimum Gasteiger partial charge on any atom is -0.494 e. The molecule has 18 heavy (non-hydrogen) atoms. The van der Waals surface area contributed by atoms with Crippen molar-refractivity contribution in [3.8, 4) is 5.75 Å². The fourth-order valence-corrected chi connectivity index (χ4v) is 1.09. The molecule has 5 nitrogen and oxygen atoms in total. The van der Waals surface area contributed by atoms with Crippen LogP contribution in [0.5, 0.6) is 5.75 Å². The van der Waals surface area contributed by atoms with Crippen LogP contribution in [-0.4, -0.2) is 24.1 Å². The summed E-state index contributed by atoms with van der Waals surface area (Å²) in [5, 5.41) is 2.63. The summed E-state index contributed by atoms with van der Waals surface area (Å²) in [6.45, 7) is 2.62. The van der Waals surface area contributed by atoms with E-state index in [1.165, 1.54) is 7.11 Å². The number of amides is 1. The maximum atomic E-state index is 9.09. The molecule has 0 heterocycles. The molecule has 1 amide bonds. The van der Waals surface area contributed by atoms with E-state index < -0.39 is 5.24 Å². The van der Waals surface area contributed by atoms with Gasteiger partial charge in [-0.15, -0.1) is 0 Å². The van der Waals surface area contributed by atoms with E-state index in [1.807, 2.05) is 31.2 Å². The predicted octanol–water partition coefficient (Wildman–Crippen LogP) is 2.42. The Balaban J connectivity index is 0.000000631. The molecular formula is C11H16N2O3S2. The quantitative estimate of drug-likeness (QED) is 0.588. The maximum Gasteiger partial charge on any atom is 0.273 e. The van der Waals surface area contributed by atoms with Crippen LogP contribution in [-0.2, 0) is 4.74 Å². The number of carbonyl (C=O) groups excluding carboxylic acids is 1. The molecule has 0 atom stereocenters. The summed E-state index contributed by atoms with van der Waals surface area (Å²) in [5.74, 6) is 0.849. The van der Waals surface area contributed by atoms with Crippen molar-refractivity contribution >= 4 is 40.9 Å². The molecular weight excluding hydrogens is 272 g/mol. The lowest BCUT2D eigenvalue weighted by atomic mass is 10.3. The standard InChI is InChI=1S/C10H13NO2S.CH3NOS/c1-3-13-9-6-4-8(5-7-9)11-10(14)12-2;2-1(3)4/h4-7H,3H2,1-2H3,(H,11,14);(H3,2,3,4). The van der Waals surface area contributed by atoms with E-state index in [2.05, 4.69) is 23.7 Å². The fourth-order valence-electron chi connectivity index (χ4n) is 0.970. The van der Waals surface area contributed by atoms with Gasteiger partial charge in [-0.05, 0) is 43.4 Å². The molecule has 1 aromatic rings. The van der Waals surface area contributed by atoms with Crippen LogP contribution in [0.25, 0.3) is 0 Å². The highest BCUT2D eigenvalue weighted by atomic mass is 32.1. The van der Waals surface area contributed by atoms with Crippen molar-refractivity contribution in [1.82, 2.24) is 0 Å². The molecule has 0 bridgehead atoms. The molecule has 1 rings (SSSR count). The number of hydrogen-bond donors (Lipinski definition) is 3. The number of thiocarbonyl (C=S) groups is 1. The number of nitrogens with two attached hydrogens (primary N) is 1. The number of rotatable bonds is 3. The second-order valence-corrected chi connectivity index (χ2v) is 3.72. The zero-order valence-electron chi connectivity index (χ0n) is 10.2. The molecule has 0 unspecified atom stereocenters. The van der Waals surface area contributed by atoms with Crippen molar-refractivity contribution < 1.29 is 14.3 Å². The average molecular weight is 288 g/mol. The summed E-state index contributed by atoms with van der Waals surface area (Å²) < 4.78 is 10.1. The fraction of sp³-hybridized carbons (Fsp3) is 0.273. The van der Waals surface area contributed by atoms with Gasteiger partial charge in [0.15, 0.2) is 0 Å². The first kappa shape index (κ1) is 16.5. The first-order chi connectivity index (χ1) is 8.49. The van der Waals surface area contributed by atoms with Crippen LogP contribution in [0.2, 0.25) is 0 Å². The number of methoxy groups -OCH3 is 1. The topological polar surface area (TPSA) is 73.6 Å². The lowest BCUT2D eigenvalue weighted by Crippen LogP contribution is -2.10. The van der Waals surface area contributed by atoms with Gasteiger partial charge in [0.2, 0.25) is 0 Å². The van der Waals surface area contributed by atoms with Gasteiger partial charge in [-0.1, -0.05) is 12.6 Å². The minimum absolute atomic E-state index is 0.356. The Kier molecular flexibility index (Phi) is 8.77. The third-order valence-electron chi connectivity index (χ3n) is 1.60. The van der Waals surface area contributed by atoms with E-state index >= 15 is 0 Å². The molecule has 0 aliphatic heterocycles. The third-order valence-corrected chi connectivity index (χ3v) is 1.87. The summed E-state index contributed by atoms with van der Waals surface area (Å²) in [6.07, 6.45) is 0. The average Bonchev–Trinajstić information content (AvgIpc) is 2.31. The second-order valence-electron chi connectivity index (χ2n) is 2.91. The predicted molar refractivity (Wildman–Crippen MR) is 79.4 cm³/mol. The maximum absolute atomic E-state index is 9.09. The summed E-state index contributed by atoms with van der Waals surface area (Å²) >= 11 is 7.96. The number of hydrogen-bond acceptors (Lipinski definition) is 4. The third kappa shape index (κ3) is 8.66. The Morgan fingerprint density at radius 3 is 2.33 bits per heavy atom. The van der Waals surface area contributed by atoms with E-state index in [9.17, 15) is 0 Å². The van der Waals surface area contributed by atoms with Crippen LogP contribution in [0.1, 0.15) is 6.92 Å². The van der Waals surface area contributed by atoms with Crippen molar-refractivity contribution in [3.05, 3.63) is 24.3 Å². The summed E-state index contributed by atoms with van der Waals surface area (Å²) in [6, 6.07) is 7.53. The van der Waals surface area contributed by atoms with Crippen LogP contribution < -0.4 is 15.8 Å². The van der Waals surface area contributed by atoms with Crippen LogP contribution in [0.4, 0.5) is 10.5 Å². The lowest BCUT2D eigenvalue weighted by molar-refractivity contribution is 0.267. The normalized spacial score (nSPS) is 8.61. The van der Waals surface area contributed by atoms with Gasteiger partial charge >= 0.3 is 0 Å². The largest absolute Gasteiger partial charge is 0.494 e. The number of primary amides is 1. The molecule has 0 fully saturated rings. The number of thiol groups is 1. The summed E-state index contributed by atoms with van der Waals surface area (Å²) in [4.78, 5) is 9.09. The SMILES string of the molecule is CCOc1ccc(NC(=S)OC)cc1.NC(=O)S. The molecule has 3 N–H and O–H groups in total. The van der Waals surface area contributed by atoms with Crippen molar-refractivity contribution in [2.45, 2.75) is 6.92 Å². The van der Waals surface area contributed by atoms with Gasteiger partial charge in [0.05, 0.1) is 13.7 Å². The second kappa shape index (κ2) is 9.55. The molecule has 1 aromatic carbocycles. The van der Waals surface area contributed by atoms with Crippen molar-refractivity contribution in [2.24, 2.45) is 5.73 Å². The van der Waals surface area contributed by atoms with Gasteiger partial charge in [0, 0.05) is 5.69 Å². The van der Waals surface area contributed by atoms with Gasteiger partial charge < -0.3 is 20.5 Å². The van der Waals surface area contributed by atoms with E-state index in [0.29, 0.717) is 11.8 Å². The molecule has 0 spiro atoms. The highest BCUT2D eigenvalue weighted by molar-refractivity contribution is 7.96. The Morgan fingerprint density at radius 1 is 1.44 bits per heavy atom. The van der Waals surface area contributed by atoms with Crippen LogP contribution in [0.15, 0.2) is 24.3 Å². The number of anilines is 1. The Morgan fingerprint density at radius 2 is 1.94 bits per heavy atom. The van der Waals surface area contributed by atoms with Crippen molar-refractivity contribution in [3.63, 3.8) is 0 Å². The zero-order valence-corrected chi connectivity index (χ0v) is 11.9. The first-order valence-corrected chi connectivity index (χ1v) is 5.91. The molecule has 0 aliphatic rings. The highest BCUT2D eigenvalue weighted by Crippen LogP contribution is 2.15. The van der Waals surface area contributed by atoms with E-state index in [1.54, 1.807) is 0 Å². The van der Waals surface area contributed by atoms with Crippen LogP contribution in [0.3, 0.4) is 0 Å². The van der Waals surface area contributed by atoms with Crippen LogP contribution in [0, 0.1) is 0 Å². The van der Waals surface area contributed by atoms with Gasteiger partial charge in [-0.2, -0.15) is 0 Å². The summed E-state index contributed by atoms with van der Waals surface area (Å²) in [5.41, 5.74) is 5.23. The molecule has 0 aliphatic carbocycles. The number of benzene rings is 1. The number of ether oxygens (including phenoxy) is 2. The van der Waals surface area contributed by atoms with Crippen molar-refractivity contribution in [1.29, 1.82) is 0 Å². The molecule has 0 saturated carbocycles. The number of carbonyl (C=O) groups is 1. The molecule has 100 valence electrons. The van der Waals surface area contributed by atoms with E-state index in [0.717, 1.165) is 11.4 Å². The summed E-state index contributed by atoms with van der Waals surface area (Å²) in [7, 11) is 1.53. The Hall–Kier alpha value is -1.47. The zero-order chi connectivity index (χ0) is 14.0.